The van der Waals surface area contributed by atoms with E-state index in [0.717, 1.165) is 16.0 Å². The maximum atomic E-state index is 13.3. The van der Waals surface area contributed by atoms with Gasteiger partial charge < -0.3 is 16.0 Å². The van der Waals surface area contributed by atoms with Crippen molar-refractivity contribution in [3.05, 3.63) is 129 Å². The second-order valence-electron chi connectivity index (χ2n) is 9.15. The Morgan fingerprint density at radius 2 is 1.44 bits per heavy atom. The van der Waals surface area contributed by atoms with Crippen LogP contribution >= 0.6 is 35.0 Å². The smallest absolute Gasteiger partial charge is 0.272 e. The van der Waals surface area contributed by atoms with Gasteiger partial charge in [0.2, 0.25) is 5.91 Å². The Labute approximate surface area is 253 Å². The summed E-state index contributed by atoms with van der Waals surface area (Å²) in [6, 6.07) is 28.3. The third kappa shape index (κ3) is 8.72. The minimum Gasteiger partial charge on any atom is -0.325 e. The first-order chi connectivity index (χ1) is 19.7. The minimum absolute atomic E-state index is 0.105. The summed E-state index contributed by atoms with van der Waals surface area (Å²) >= 11 is 13.3. The number of carbonyl (C=O) groups is 3. The van der Waals surface area contributed by atoms with Crippen LogP contribution in [0.15, 0.2) is 108 Å². The molecule has 0 aliphatic heterocycles. The molecule has 208 valence electrons. The van der Waals surface area contributed by atoms with Crippen molar-refractivity contribution >= 4 is 70.1 Å². The summed E-state index contributed by atoms with van der Waals surface area (Å²) in [6.45, 7) is 3.77. The first-order valence-electron chi connectivity index (χ1n) is 12.7. The molecule has 3 N–H and O–H groups in total. The predicted octanol–water partition coefficient (Wildman–Crippen LogP) is 7.83. The summed E-state index contributed by atoms with van der Waals surface area (Å²) in [5.74, 6) is -1.05. The lowest BCUT2D eigenvalue weighted by molar-refractivity contribution is -0.115. The van der Waals surface area contributed by atoms with Crippen molar-refractivity contribution < 1.29 is 14.4 Å². The van der Waals surface area contributed by atoms with E-state index in [-0.39, 0.29) is 17.5 Å². The number of halogens is 2. The van der Waals surface area contributed by atoms with Crippen LogP contribution < -0.4 is 16.0 Å². The van der Waals surface area contributed by atoms with Crippen LogP contribution in [0.25, 0.3) is 6.08 Å². The monoisotopic (exact) mass is 603 g/mol. The van der Waals surface area contributed by atoms with Crippen molar-refractivity contribution in [2.24, 2.45) is 0 Å². The molecule has 1 atom stereocenters. The van der Waals surface area contributed by atoms with Crippen molar-refractivity contribution in [2.75, 3.05) is 10.6 Å². The zero-order valence-electron chi connectivity index (χ0n) is 22.3. The summed E-state index contributed by atoms with van der Waals surface area (Å²) in [5, 5.41) is 8.78. The number of hydrogen-bond donors (Lipinski definition) is 3. The van der Waals surface area contributed by atoms with E-state index >= 15 is 0 Å². The van der Waals surface area contributed by atoms with Crippen LogP contribution in [0, 0.1) is 6.92 Å². The highest BCUT2D eigenvalue weighted by molar-refractivity contribution is 8.00. The van der Waals surface area contributed by atoms with Crippen LogP contribution in [-0.2, 0) is 9.59 Å². The highest BCUT2D eigenvalue weighted by Gasteiger charge is 2.17. The SMILES string of the molecule is Cc1ccc(/C=C(\NC(=O)c2ccccc2)C(=O)Nc2ccc(SC(C)C(=O)Nc3ccc(Cl)c(Cl)c3)cc2)cc1. The molecule has 0 fully saturated rings. The van der Waals surface area contributed by atoms with Gasteiger partial charge in [-0.25, -0.2) is 0 Å². The summed E-state index contributed by atoms with van der Waals surface area (Å²) < 4.78 is 0. The van der Waals surface area contributed by atoms with Gasteiger partial charge in [0.15, 0.2) is 0 Å². The summed E-state index contributed by atoms with van der Waals surface area (Å²) in [4.78, 5) is 39.6. The molecule has 4 rings (SSSR count). The van der Waals surface area contributed by atoms with Gasteiger partial charge in [0.25, 0.3) is 11.8 Å². The maximum Gasteiger partial charge on any atom is 0.272 e. The molecule has 9 heteroatoms. The highest BCUT2D eigenvalue weighted by Crippen LogP contribution is 2.28. The second kappa shape index (κ2) is 14.0. The van der Waals surface area contributed by atoms with Gasteiger partial charge in [-0.2, -0.15) is 0 Å². The van der Waals surface area contributed by atoms with Gasteiger partial charge >= 0.3 is 0 Å². The average Bonchev–Trinajstić information content (AvgIpc) is 2.97. The quantitative estimate of drug-likeness (QED) is 0.134. The number of aryl methyl sites for hydroxylation is 1. The number of benzene rings is 4. The Balaban J connectivity index is 1.42. The molecule has 3 amide bonds. The number of amides is 3. The van der Waals surface area contributed by atoms with Crippen LogP contribution in [0.3, 0.4) is 0 Å². The number of rotatable bonds is 9. The van der Waals surface area contributed by atoms with E-state index < -0.39 is 11.2 Å². The molecule has 0 spiro atoms. The van der Waals surface area contributed by atoms with Gasteiger partial charge in [-0.3, -0.25) is 14.4 Å². The van der Waals surface area contributed by atoms with E-state index in [9.17, 15) is 14.4 Å². The molecule has 4 aromatic carbocycles. The van der Waals surface area contributed by atoms with E-state index in [2.05, 4.69) is 16.0 Å². The first-order valence-corrected chi connectivity index (χ1v) is 14.3. The molecular weight excluding hydrogens is 577 g/mol. The Hall–Kier alpha value is -4.04. The Morgan fingerprint density at radius 1 is 0.780 bits per heavy atom. The first kappa shape index (κ1) is 29.9. The van der Waals surface area contributed by atoms with Crippen molar-refractivity contribution in [1.82, 2.24) is 5.32 Å². The van der Waals surface area contributed by atoms with Crippen LogP contribution in [0.1, 0.15) is 28.4 Å². The standard InChI is InChI=1S/C32H27Cl2N3O3S/c1-20-8-10-22(11-9-20)18-29(37-31(39)23-6-4-3-5-7-23)32(40)35-24-12-15-26(16-13-24)41-21(2)30(38)36-25-14-17-27(33)28(34)19-25/h3-19,21H,1-2H3,(H,35,40)(H,36,38)(H,37,39)/b29-18-. The van der Waals surface area contributed by atoms with Crippen molar-refractivity contribution in [3.8, 4) is 0 Å². The molecule has 0 aromatic heterocycles. The molecule has 0 saturated carbocycles. The van der Waals surface area contributed by atoms with Crippen molar-refractivity contribution in [2.45, 2.75) is 24.0 Å². The van der Waals surface area contributed by atoms with Gasteiger partial charge in [-0.05, 0) is 80.1 Å². The molecule has 0 heterocycles. The fourth-order valence-corrected chi connectivity index (χ4v) is 4.83. The van der Waals surface area contributed by atoms with Crippen LogP contribution in [-0.4, -0.2) is 23.0 Å². The number of hydrogen-bond acceptors (Lipinski definition) is 4. The molecule has 6 nitrogen and oxygen atoms in total. The van der Waals surface area contributed by atoms with Crippen LogP contribution in [0.2, 0.25) is 10.0 Å². The minimum atomic E-state index is -0.468. The molecule has 0 saturated heterocycles. The largest absolute Gasteiger partial charge is 0.325 e. The third-order valence-electron chi connectivity index (χ3n) is 5.90. The molecule has 1 unspecified atom stereocenters. The van der Waals surface area contributed by atoms with Gasteiger partial charge in [0, 0.05) is 21.8 Å². The Kier molecular flexibility index (Phi) is 10.2. The summed E-state index contributed by atoms with van der Waals surface area (Å²) in [5.41, 5.74) is 3.50. The van der Waals surface area contributed by atoms with Gasteiger partial charge in [0.05, 0.1) is 15.3 Å². The van der Waals surface area contributed by atoms with E-state index in [0.29, 0.717) is 27.0 Å². The molecule has 0 aliphatic rings. The normalized spacial score (nSPS) is 11.9. The topological polar surface area (TPSA) is 87.3 Å². The predicted molar refractivity (Wildman–Crippen MR) is 169 cm³/mol. The van der Waals surface area contributed by atoms with Crippen molar-refractivity contribution in [1.29, 1.82) is 0 Å². The highest BCUT2D eigenvalue weighted by atomic mass is 35.5. The summed E-state index contributed by atoms with van der Waals surface area (Å²) in [7, 11) is 0. The van der Waals surface area contributed by atoms with E-state index in [1.54, 1.807) is 67.6 Å². The second-order valence-corrected chi connectivity index (χ2v) is 11.4. The van der Waals surface area contributed by atoms with E-state index in [1.807, 2.05) is 49.4 Å². The average molecular weight is 605 g/mol. The van der Waals surface area contributed by atoms with E-state index in [1.165, 1.54) is 11.8 Å². The van der Waals surface area contributed by atoms with Gasteiger partial charge in [-0.1, -0.05) is 71.2 Å². The number of anilines is 2. The zero-order chi connectivity index (χ0) is 29.4. The molecule has 0 radical (unpaired) electrons. The van der Waals surface area contributed by atoms with Gasteiger partial charge in [0.1, 0.15) is 5.70 Å². The molecule has 0 aliphatic carbocycles. The summed E-state index contributed by atoms with van der Waals surface area (Å²) in [6.07, 6.45) is 1.63. The number of carbonyl (C=O) groups excluding carboxylic acids is 3. The Bertz CT molecular complexity index is 1570. The molecule has 0 bridgehead atoms. The fourth-order valence-electron chi connectivity index (χ4n) is 3.66. The van der Waals surface area contributed by atoms with Crippen molar-refractivity contribution in [3.63, 3.8) is 0 Å². The van der Waals surface area contributed by atoms with E-state index in [4.69, 9.17) is 23.2 Å². The maximum absolute atomic E-state index is 13.3. The molecule has 4 aromatic rings. The lowest BCUT2D eigenvalue weighted by Gasteiger charge is -2.14. The van der Waals surface area contributed by atoms with Crippen LogP contribution in [0.4, 0.5) is 11.4 Å². The number of thioether (sulfide) groups is 1. The fraction of sp³-hybridized carbons (Fsp3) is 0.0938. The molecular formula is C32H27Cl2N3O3S. The third-order valence-corrected chi connectivity index (χ3v) is 7.75. The molecule has 41 heavy (non-hydrogen) atoms. The lowest BCUT2D eigenvalue weighted by Crippen LogP contribution is -2.30. The lowest BCUT2D eigenvalue weighted by atomic mass is 10.1. The Morgan fingerprint density at radius 3 is 2.10 bits per heavy atom. The van der Waals surface area contributed by atoms with Gasteiger partial charge in [-0.15, -0.1) is 11.8 Å². The number of nitrogens with one attached hydrogen (secondary N) is 3. The van der Waals surface area contributed by atoms with Crippen LogP contribution in [0.5, 0.6) is 0 Å². The zero-order valence-corrected chi connectivity index (χ0v) is 24.6.